The summed E-state index contributed by atoms with van der Waals surface area (Å²) in [6, 6.07) is 10.3. The summed E-state index contributed by atoms with van der Waals surface area (Å²) in [6.45, 7) is 2.17. The summed E-state index contributed by atoms with van der Waals surface area (Å²) in [6.07, 6.45) is 5.02. The van der Waals surface area contributed by atoms with Gasteiger partial charge in [-0.3, -0.25) is 4.79 Å². The van der Waals surface area contributed by atoms with Gasteiger partial charge in [0.25, 0.3) is 0 Å². The van der Waals surface area contributed by atoms with Crippen LogP contribution in [0.1, 0.15) is 31.7 Å². The Hall–Kier alpha value is -1.37. The molecule has 0 aliphatic heterocycles. The van der Waals surface area contributed by atoms with Gasteiger partial charge in [0.1, 0.15) is 5.78 Å². The van der Waals surface area contributed by atoms with E-state index in [9.17, 15) is 4.79 Å². The van der Waals surface area contributed by atoms with Gasteiger partial charge in [-0.25, -0.2) is 0 Å². The van der Waals surface area contributed by atoms with E-state index in [1.807, 2.05) is 18.2 Å². The maximum absolute atomic E-state index is 12.3. The number of Topliss-reactive ketones (excluding diaryl/α,β-unsaturated/α-hetero) is 1. The van der Waals surface area contributed by atoms with Gasteiger partial charge in [-0.15, -0.1) is 0 Å². The summed E-state index contributed by atoms with van der Waals surface area (Å²) in [5.41, 5.74) is 2.31. The number of carbonyl (C=O) groups excluding carboxylic acids is 1. The molecule has 2 bridgehead atoms. The van der Waals surface area contributed by atoms with Gasteiger partial charge in [0, 0.05) is 6.42 Å². The fourth-order valence-corrected chi connectivity index (χ4v) is 3.27. The molecule has 1 fully saturated rings. The molecular formula is C15H16O. The average molecular weight is 212 g/mol. The quantitative estimate of drug-likeness (QED) is 0.653. The van der Waals surface area contributed by atoms with Gasteiger partial charge >= 0.3 is 0 Å². The monoisotopic (exact) mass is 212 g/mol. The zero-order valence-corrected chi connectivity index (χ0v) is 9.57. The second-order valence-corrected chi connectivity index (χ2v) is 5.09. The smallest absolute Gasteiger partial charge is 0.147 e. The van der Waals surface area contributed by atoms with Crippen LogP contribution in [0.15, 0.2) is 42.0 Å². The van der Waals surface area contributed by atoms with Crippen molar-refractivity contribution in [3.63, 3.8) is 0 Å². The fourth-order valence-electron chi connectivity index (χ4n) is 3.27. The number of rotatable bonds is 1. The van der Waals surface area contributed by atoms with E-state index >= 15 is 0 Å². The molecule has 0 N–H and O–H groups in total. The number of hydrogen-bond acceptors (Lipinski definition) is 1. The van der Waals surface area contributed by atoms with Gasteiger partial charge < -0.3 is 0 Å². The Morgan fingerprint density at radius 1 is 1.25 bits per heavy atom. The number of ketones is 1. The van der Waals surface area contributed by atoms with Crippen molar-refractivity contribution in [3.05, 3.63) is 47.5 Å². The van der Waals surface area contributed by atoms with Crippen molar-refractivity contribution in [1.82, 2.24) is 0 Å². The van der Waals surface area contributed by atoms with Gasteiger partial charge in [-0.05, 0) is 31.2 Å². The standard InChI is InChI=1S/C15H16O/c1-11-9-15(13-5-3-2-4-6-13)10-12(11)7-8-14(15)16/h2-6,9,12H,7-8,10H2,1H3. The van der Waals surface area contributed by atoms with E-state index < -0.39 is 0 Å². The van der Waals surface area contributed by atoms with Crippen molar-refractivity contribution in [3.8, 4) is 0 Å². The Balaban J connectivity index is 2.13. The van der Waals surface area contributed by atoms with Crippen molar-refractivity contribution in [1.29, 1.82) is 0 Å². The molecule has 1 heteroatoms. The van der Waals surface area contributed by atoms with Crippen molar-refractivity contribution < 1.29 is 4.79 Å². The molecule has 3 rings (SSSR count). The third-order valence-electron chi connectivity index (χ3n) is 4.19. The summed E-state index contributed by atoms with van der Waals surface area (Å²) >= 11 is 0. The van der Waals surface area contributed by atoms with E-state index in [0.717, 1.165) is 19.3 Å². The van der Waals surface area contributed by atoms with E-state index in [4.69, 9.17) is 0 Å². The SMILES string of the molecule is CC1=CC2(c3ccccc3)CC1CCC2=O. The van der Waals surface area contributed by atoms with Crippen LogP contribution < -0.4 is 0 Å². The molecule has 0 saturated heterocycles. The first-order chi connectivity index (χ1) is 7.72. The Kier molecular flexibility index (Phi) is 2.03. The van der Waals surface area contributed by atoms with E-state index in [2.05, 4.69) is 25.1 Å². The van der Waals surface area contributed by atoms with E-state index in [1.54, 1.807) is 0 Å². The van der Waals surface area contributed by atoms with Crippen LogP contribution >= 0.6 is 0 Å². The molecule has 2 aliphatic rings. The van der Waals surface area contributed by atoms with Crippen molar-refractivity contribution in [2.24, 2.45) is 5.92 Å². The topological polar surface area (TPSA) is 17.1 Å². The molecule has 0 heterocycles. The lowest BCUT2D eigenvalue weighted by atomic mass is 9.69. The Labute approximate surface area is 96.2 Å². The van der Waals surface area contributed by atoms with E-state index in [-0.39, 0.29) is 5.41 Å². The Morgan fingerprint density at radius 2 is 2.00 bits per heavy atom. The highest BCUT2D eigenvalue weighted by Gasteiger charge is 2.47. The number of benzene rings is 1. The summed E-state index contributed by atoms with van der Waals surface area (Å²) in [7, 11) is 0. The van der Waals surface area contributed by atoms with Crippen LogP contribution in [0.2, 0.25) is 0 Å². The molecule has 1 aromatic rings. The van der Waals surface area contributed by atoms with Crippen LogP contribution in [0.25, 0.3) is 0 Å². The summed E-state index contributed by atoms with van der Waals surface area (Å²) in [4.78, 5) is 12.3. The van der Waals surface area contributed by atoms with E-state index in [0.29, 0.717) is 11.7 Å². The molecule has 0 spiro atoms. The Bertz CT molecular complexity index is 458. The maximum atomic E-state index is 12.3. The maximum Gasteiger partial charge on any atom is 0.147 e. The molecule has 2 atom stereocenters. The molecule has 0 radical (unpaired) electrons. The zero-order valence-electron chi connectivity index (χ0n) is 9.57. The lowest BCUT2D eigenvalue weighted by Crippen LogP contribution is -2.36. The highest BCUT2D eigenvalue weighted by atomic mass is 16.1. The van der Waals surface area contributed by atoms with Crippen LogP contribution in [0.4, 0.5) is 0 Å². The predicted octanol–water partition coefficient (Wildman–Crippen LogP) is 3.25. The van der Waals surface area contributed by atoms with Crippen LogP contribution in [-0.2, 0) is 10.2 Å². The first-order valence-electron chi connectivity index (χ1n) is 6.00. The van der Waals surface area contributed by atoms with Crippen molar-refractivity contribution >= 4 is 5.78 Å². The lowest BCUT2D eigenvalue weighted by molar-refractivity contribution is -0.124. The van der Waals surface area contributed by atoms with Gasteiger partial charge in [0.2, 0.25) is 0 Å². The Morgan fingerprint density at radius 3 is 2.75 bits per heavy atom. The molecule has 2 aliphatic carbocycles. The average Bonchev–Trinajstić information content (AvgIpc) is 2.60. The second kappa shape index (κ2) is 3.31. The zero-order chi connectivity index (χ0) is 11.2. The first kappa shape index (κ1) is 9.83. The van der Waals surface area contributed by atoms with Crippen molar-refractivity contribution in [2.45, 2.75) is 31.6 Å². The lowest BCUT2D eigenvalue weighted by Gasteiger charge is -2.32. The molecule has 1 nitrogen and oxygen atoms in total. The van der Waals surface area contributed by atoms with Gasteiger partial charge in [0.15, 0.2) is 0 Å². The first-order valence-corrected chi connectivity index (χ1v) is 6.00. The van der Waals surface area contributed by atoms with Gasteiger partial charge in [-0.1, -0.05) is 42.0 Å². The molecule has 82 valence electrons. The van der Waals surface area contributed by atoms with Crippen molar-refractivity contribution in [2.75, 3.05) is 0 Å². The summed E-state index contributed by atoms with van der Waals surface area (Å²) in [5, 5.41) is 0. The normalized spacial score (nSPS) is 32.7. The number of allylic oxidation sites excluding steroid dienone is 2. The highest BCUT2D eigenvalue weighted by molar-refractivity contribution is 5.94. The highest BCUT2D eigenvalue weighted by Crippen LogP contribution is 2.49. The van der Waals surface area contributed by atoms with Crippen LogP contribution in [0.3, 0.4) is 0 Å². The van der Waals surface area contributed by atoms with Crippen LogP contribution in [0.5, 0.6) is 0 Å². The largest absolute Gasteiger partial charge is 0.298 e. The molecular weight excluding hydrogens is 196 g/mol. The third kappa shape index (κ3) is 1.21. The minimum atomic E-state index is -0.283. The van der Waals surface area contributed by atoms with E-state index in [1.165, 1.54) is 11.1 Å². The number of fused-ring (bicyclic) bond motifs is 2. The predicted molar refractivity (Wildman–Crippen MR) is 64.2 cm³/mol. The molecule has 2 unspecified atom stereocenters. The molecule has 1 aromatic carbocycles. The minimum Gasteiger partial charge on any atom is -0.298 e. The molecule has 1 saturated carbocycles. The number of hydrogen-bond donors (Lipinski definition) is 0. The molecule has 0 aromatic heterocycles. The van der Waals surface area contributed by atoms with Gasteiger partial charge in [0.05, 0.1) is 5.41 Å². The summed E-state index contributed by atoms with van der Waals surface area (Å²) in [5.74, 6) is 1.05. The molecule has 16 heavy (non-hydrogen) atoms. The van der Waals surface area contributed by atoms with Gasteiger partial charge in [-0.2, -0.15) is 0 Å². The fraction of sp³-hybridized carbons (Fsp3) is 0.400. The van der Waals surface area contributed by atoms with Crippen LogP contribution in [-0.4, -0.2) is 5.78 Å². The summed E-state index contributed by atoms with van der Waals surface area (Å²) < 4.78 is 0. The molecule has 0 amide bonds. The second-order valence-electron chi connectivity index (χ2n) is 5.09. The minimum absolute atomic E-state index is 0.283. The third-order valence-corrected chi connectivity index (χ3v) is 4.19. The number of carbonyl (C=O) groups is 1. The van der Waals surface area contributed by atoms with Crippen LogP contribution in [0, 0.1) is 5.92 Å².